The summed E-state index contributed by atoms with van der Waals surface area (Å²) in [5, 5.41) is 8.50. The maximum Gasteiger partial charge on any atom is 0.0863 e. The van der Waals surface area contributed by atoms with Gasteiger partial charge in [0.15, 0.2) is 0 Å². The zero-order valence-corrected chi connectivity index (χ0v) is 6.92. The third-order valence-corrected chi connectivity index (χ3v) is 1.60. The Kier molecular flexibility index (Phi) is 4.12. The summed E-state index contributed by atoms with van der Waals surface area (Å²) < 4.78 is 5.37. The minimum atomic E-state index is -0.288. The second kappa shape index (κ2) is 4.34. The summed E-state index contributed by atoms with van der Waals surface area (Å²) in [6.07, 6.45) is 3.58. The highest BCUT2D eigenvalue weighted by molar-refractivity contribution is 4.94. The van der Waals surface area contributed by atoms with Crippen LogP contribution in [0.3, 0.4) is 0 Å². The molecule has 0 radical (unpaired) electrons. The molecule has 0 aliphatic rings. The zero-order chi connectivity index (χ0) is 8.04. The molecule has 10 heavy (non-hydrogen) atoms. The Hall–Kier alpha value is -0.500. The molecular formula is C8H16O2. The highest BCUT2D eigenvalue weighted by Crippen LogP contribution is 2.15. The molecular weight excluding hydrogens is 128 g/mol. The minimum absolute atomic E-state index is 0.288. The first-order valence-electron chi connectivity index (χ1n) is 3.64. The molecule has 0 heterocycles. The van der Waals surface area contributed by atoms with E-state index < -0.39 is 0 Å². The maximum atomic E-state index is 8.50. The fourth-order valence-corrected chi connectivity index (χ4v) is 0.755. The highest BCUT2D eigenvalue weighted by atomic mass is 16.5. The first-order valence-corrected chi connectivity index (χ1v) is 3.64. The fourth-order valence-electron chi connectivity index (χ4n) is 0.755. The molecule has 1 N–H and O–H groups in total. The van der Waals surface area contributed by atoms with Gasteiger partial charge in [-0.25, -0.2) is 0 Å². The Morgan fingerprint density at radius 2 is 2.10 bits per heavy atom. The Balaban J connectivity index is 3.94. The molecule has 0 aromatic heterocycles. The molecule has 2 nitrogen and oxygen atoms in total. The van der Waals surface area contributed by atoms with Crippen LogP contribution in [0.15, 0.2) is 12.3 Å². The topological polar surface area (TPSA) is 29.5 Å². The van der Waals surface area contributed by atoms with Crippen molar-refractivity contribution in [1.29, 1.82) is 0 Å². The van der Waals surface area contributed by atoms with Gasteiger partial charge in [0.05, 0.1) is 11.9 Å². The van der Waals surface area contributed by atoms with Crippen molar-refractivity contribution < 1.29 is 9.84 Å². The molecule has 60 valence electrons. The van der Waals surface area contributed by atoms with E-state index in [-0.39, 0.29) is 5.60 Å². The van der Waals surface area contributed by atoms with E-state index in [2.05, 4.69) is 0 Å². The van der Waals surface area contributed by atoms with Gasteiger partial charge in [-0.2, -0.15) is 0 Å². The Morgan fingerprint density at radius 3 is 2.40 bits per heavy atom. The van der Waals surface area contributed by atoms with E-state index >= 15 is 0 Å². The summed E-state index contributed by atoms with van der Waals surface area (Å²) in [7, 11) is 0. The van der Waals surface area contributed by atoms with Crippen molar-refractivity contribution in [2.24, 2.45) is 0 Å². The number of hydrogen-bond acceptors (Lipinski definition) is 2. The van der Waals surface area contributed by atoms with Crippen LogP contribution in [0.4, 0.5) is 0 Å². The van der Waals surface area contributed by atoms with Crippen LogP contribution in [0.1, 0.15) is 27.2 Å². The fraction of sp³-hybridized carbons (Fsp3) is 0.750. The summed E-state index contributed by atoms with van der Waals surface area (Å²) in [6.45, 7) is 6.59. The van der Waals surface area contributed by atoms with Crippen molar-refractivity contribution >= 4 is 0 Å². The Bertz CT molecular complexity index is 110. The predicted molar refractivity (Wildman–Crippen MR) is 42.1 cm³/mol. The van der Waals surface area contributed by atoms with Gasteiger partial charge in [0.1, 0.15) is 0 Å². The van der Waals surface area contributed by atoms with E-state index in [1.807, 2.05) is 20.8 Å². The molecule has 0 saturated heterocycles. The lowest BCUT2D eigenvalue weighted by Gasteiger charge is -2.23. The molecule has 0 bridgehead atoms. The van der Waals surface area contributed by atoms with Gasteiger partial charge in [-0.15, -0.1) is 0 Å². The molecule has 0 aromatic carbocycles. The number of hydrogen-bond donors (Lipinski definition) is 1. The van der Waals surface area contributed by atoms with Crippen molar-refractivity contribution in [2.45, 2.75) is 32.8 Å². The Labute approximate surface area is 62.5 Å². The average Bonchev–Trinajstić information content (AvgIpc) is 1.89. The van der Waals surface area contributed by atoms with Crippen LogP contribution >= 0.6 is 0 Å². The van der Waals surface area contributed by atoms with Crippen LogP contribution in [0.5, 0.6) is 0 Å². The summed E-state index contributed by atoms with van der Waals surface area (Å²) in [5.74, 6) is 0. The molecule has 0 spiro atoms. The number of ether oxygens (including phenoxy) is 1. The summed E-state index contributed by atoms with van der Waals surface area (Å²) in [5.41, 5.74) is -0.288. The van der Waals surface area contributed by atoms with Gasteiger partial charge in [-0.3, -0.25) is 0 Å². The van der Waals surface area contributed by atoms with Crippen molar-refractivity contribution in [1.82, 2.24) is 0 Å². The second-order valence-electron chi connectivity index (χ2n) is 2.41. The molecule has 2 heteroatoms. The van der Waals surface area contributed by atoms with Gasteiger partial charge in [0, 0.05) is 6.61 Å². The first kappa shape index (κ1) is 9.50. The lowest BCUT2D eigenvalue weighted by atomic mass is 10.0. The smallest absolute Gasteiger partial charge is 0.0863 e. The number of aliphatic hydroxyl groups excluding tert-OH is 1. The van der Waals surface area contributed by atoms with Crippen molar-refractivity contribution in [3.05, 3.63) is 12.3 Å². The molecule has 0 saturated carbocycles. The summed E-state index contributed by atoms with van der Waals surface area (Å²) in [6, 6.07) is 0. The normalized spacial score (nSPS) is 17.5. The lowest BCUT2D eigenvalue weighted by molar-refractivity contribution is 0.00978. The largest absolute Gasteiger partial charge is 0.516 e. The van der Waals surface area contributed by atoms with Crippen LogP contribution in [0, 0.1) is 0 Å². The van der Waals surface area contributed by atoms with E-state index in [4.69, 9.17) is 9.84 Å². The minimum Gasteiger partial charge on any atom is -0.516 e. The number of aliphatic hydroxyl groups is 1. The van der Waals surface area contributed by atoms with Crippen molar-refractivity contribution in [2.75, 3.05) is 6.61 Å². The highest BCUT2D eigenvalue weighted by Gasteiger charge is 2.17. The molecule has 0 aromatic rings. The molecule has 0 rings (SSSR count). The van der Waals surface area contributed by atoms with Gasteiger partial charge in [-0.05, 0) is 26.3 Å². The van der Waals surface area contributed by atoms with Gasteiger partial charge >= 0.3 is 0 Å². The van der Waals surface area contributed by atoms with Crippen LogP contribution in [-0.4, -0.2) is 17.3 Å². The monoisotopic (exact) mass is 144 g/mol. The van der Waals surface area contributed by atoms with E-state index in [1.54, 1.807) is 6.08 Å². The first-order chi connectivity index (χ1) is 4.68. The van der Waals surface area contributed by atoms with E-state index in [9.17, 15) is 0 Å². The van der Waals surface area contributed by atoms with Crippen molar-refractivity contribution in [3.63, 3.8) is 0 Å². The Morgan fingerprint density at radius 1 is 1.50 bits per heavy atom. The third-order valence-electron chi connectivity index (χ3n) is 1.60. The van der Waals surface area contributed by atoms with Crippen LogP contribution < -0.4 is 0 Å². The zero-order valence-electron chi connectivity index (χ0n) is 6.92. The SMILES string of the molecule is CCOC(C)(C=CO)CC. The van der Waals surface area contributed by atoms with Crippen LogP contribution in [0.25, 0.3) is 0 Å². The quantitative estimate of drug-likeness (QED) is 0.613. The molecule has 1 unspecified atom stereocenters. The lowest BCUT2D eigenvalue weighted by Crippen LogP contribution is -2.24. The molecule has 0 aliphatic heterocycles. The summed E-state index contributed by atoms with van der Waals surface area (Å²) in [4.78, 5) is 0. The maximum absolute atomic E-state index is 8.50. The molecule has 0 aliphatic carbocycles. The van der Waals surface area contributed by atoms with Crippen LogP contribution in [-0.2, 0) is 4.74 Å². The average molecular weight is 144 g/mol. The summed E-state index contributed by atoms with van der Waals surface area (Å²) >= 11 is 0. The predicted octanol–water partition coefficient (Wildman–Crippen LogP) is 2.26. The third kappa shape index (κ3) is 2.87. The standard InChI is InChI=1S/C8H16O2/c1-4-8(3,6-7-9)10-5-2/h6-7,9H,4-5H2,1-3H3. The van der Waals surface area contributed by atoms with E-state index in [0.29, 0.717) is 6.61 Å². The molecule has 0 amide bonds. The van der Waals surface area contributed by atoms with Gasteiger partial charge < -0.3 is 9.84 Å². The number of rotatable bonds is 4. The van der Waals surface area contributed by atoms with Gasteiger partial charge in [-0.1, -0.05) is 6.92 Å². The van der Waals surface area contributed by atoms with E-state index in [0.717, 1.165) is 12.7 Å². The van der Waals surface area contributed by atoms with Gasteiger partial charge in [0.25, 0.3) is 0 Å². The van der Waals surface area contributed by atoms with E-state index in [1.165, 1.54) is 0 Å². The second-order valence-corrected chi connectivity index (χ2v) is 2.41. The van der Waals surface area contributed by atoms with Crippen molar-refractivity contribution in [3.8, 4) is 0 Å². The van der Waals surface area contributed by atoms with Crippen LogP contribution in [0.2, 0.25) is 0 Å². The molecule has 0 fully saturated rings. The molecule has 1 atom stereocenters. The van der Waals surface area contributed by atoms with Gasteiger partial charge in [0.2, 0.25) is 0 Å².